The van der Waals surface area contributed by atoms with Crippen molar-refractivity contribution in [2.45, 2.75) is 26.7 Å². The fourth-order valence-electron chi connectivity index (χ4n) is 2.34. The molecule has 0 bridgehead atoms. The summed E-state index contributed by atoms with van der Waals surface area (Å²) in [7, 11) is 1.73. The topological polar surface area (TPSA) is 71.7 Å². The minimum absolute atomic E-state index is 0.279. The lowest BCUT2D eigenvalue weighted by atomic mass is 10.1. The van der Waals surface area contributed by atoms with Gasteiger partial charge in [0.15, 0.2) is 5.96 Å². The number of hydrogen-bond acceptors (Lipinski definition) is 4. The van der Waals surface area contributed by atoms with Crippen molar-refractivity contribution < 1.29 is 13.5 Å². The van der Waals surface area contributed by atoms with E-state index in [1.807, 2.05) is 0 Å². The Balaban J connectivity index is 1.66. The molecular formula is C20H29FN4O2. The van der Waals surface area contributed by atoms with E-state index in [1.165, 1.54) is 12.1 Å². The third-order valence-electron chi connectivity index (χ3n) is 3.92. The van der Waals surface area contributed by atoms with E-state index in [4.69, 9.17) is 9.15 Å². The molecule has 0 aliphatic carbocycles. The maximum absolute atomic E-state index is 13.0. The molecule has 7 heteroatoms. The highest BCUT2D eigenvalue weighted by molar-refractivity contribution is 5.79. The van der Waals surface area contributed by atoms with Crippen LogP contribution in [0.25, 0.3) is 11.5 Å². The number of hydrogen-bond donors (Lipinski definition) is 2. The van der Waals surface area contributed by atoms with Crippen LogP contribution in [0.15, 0.2) is 39.9 Å². The van der Waals surface area contributed by atoms with Crippen molar-refractivity contribution in [3.05, 3.63) is 42.0 Å². The molecule has 1 heterocycles. The fourth-order valence-corrected chi connectivity index (χ4v) is 2.34. The highest BCUT2D eigenvalue weighted by Gasteiger charge is 2.07. The van der Waals surface area contributed by atoms with Gasteiger partial charge in [-0.15, -0.1) is 0 Å². The normalized spacial score (nSPS) is 11.8. The first-order valence-corrected chi connectivity index (χ1v) is 9.31. The molecule has 1 aromatic carbocycles. The molecule has 0 aliphatic rings. The van der Waals surface area contributed by atoms with Crippen molar-refractivity contribution in [2.75, 3.05) is 33.4 Å². The SMILES string of the molecule is CN=C(NCCOCCC(C)C)NCCc1coc(-c2ccc(F)cc2)n1. The number of aromatic nitrogens is 1. The number of nitrogens with zero attached hydrogens (tertiary/aromatic N) is 2. The van der Waals surface area contributed by atoms with Gasteiger partial charge in [-0.2, -0.15) is 0 Å². The minimum Gasteiger partial charge on any atom is -0.444 e. The Kier molecular flexibility index (Phi) is 8.77. The summed E-state index contributed by atoms with van der Waals surface area (Å²) in [5.74, 6) is 1.60. The van der Waals surface area contributed by atoms with Crippen LogP contribution >= 0.6 is 0 Å². The van der Waals surface area contributed by atoms with Gasteiger partial charge in [-0.1, -0.05) is 13.8 Å². The third-order valence-corrected chi connectivity index (χ3v) is 3.92. The molecule has 0 unspecified atom stereocenters. The van der Waals surface area contributed by atoms with Crippen LogP contribution in [0, 0.1) is 11.7 Å². The second kappa shape index (κ2) is 11.3. The van der Waals surface area contributed by atoms with Gasteiger partial charge in [0.05, 0.1) is 12.3 Å². The maximum atomic E-state index is 13.0. The van der Waals surface area contributed by atoms with E-state index in [2.05, 4.69) is 34.5 Å². The standard InChI is InChI=1S/C20H29FN4O2/c1-15(2)9-12-26-13-11-24-20(22-3)23-10-8-18-14-27-19(25-18)16-4-6-17(21)7-5-16/h4-7,14-15H,8-13H2,1-3H3,(H2,22,23,24). The molecule has 0 atom stereocenters. The van der Waals surface area contributed by atoms with Gasteiger partial charge in [0.25, 0.3) is 0 Å². The summed E-state index contributed by atoms with van der Waals surface area (Å²) >= 11 is 0. The summed E-state index contributed by atoms with van der Waals surface area (Å²) in [4.78, 5) is 8.62. The molecule has 0 spiro atoms. The van der Waals surface area contributed by atoms with Crippen molar-refractivity contribution in [1.82, 2.24) is 15.6 Å². The largest absolute Gasteiger partial charge is 0.444 e. The molecule has 6 nitrogen and oxygen atoms in total. The van der Waals surface area contributed by atoms with Gasteiger partial charge in [0, 0.05) is 38.7 Å². The number of aliphatic imine (C=N–C) groups is 1. The van der Waals surface area contributed by atoms with E-state index in [0.717, 1.165) is 30.2 Å². The zero-order valence-corrected chi connectivity index (χ0v) is 16.3. The average molecular weight is 376 g/mol. The summed E-state index contributed by atoms with van der Waals surface area (Å²) in [6.45, 7) is 7.18. The summed E-state index contributed by atoms with van der Waals surface area (Å²) in [5, 5.41) is 6.45. The second-order valence-corrected chi connectivity index (χ2v) is 6.62. The second-order valence-electron chi connectivity index (χ2n) is 6.62. The van der Waals surface area contributed by atoms with E-state index < -0.39 is 0 Å². The van der Waals surface area contributed by atoms with Gasteiger partial charge in [0.1, 0.15) is 12.1 Å². The van der Waals surface area contributed by atoms with E-state index in [9.17, 15) is 4.39 Å². The Morgan fingerprint density at radius 1 is 1.19 bits per heavy atom. The lowest BCUT2D eigenvalue weighted by Gasteiger charge is -2.12. The van der Waals surface area contributed by atoms with Crippen molar-refractivity contribution >= 4 is 5.96 Å². The molecule has 0 fully saturated rings. The summed E-state index contributed by atoms with van der Waals surface area (Å²) in [6, 6.07) is 6.09. The highest BCUT2D eigenvalue weighted by atomic mass is 19.1. The van der Waals surface area contributed by atoms with Crippen LogP contribution < -0.4 is 10.6 Å². The Morgan fingerprint density at radius 2 is 1.93 bits per heavy atom. The van der Waals surface area contributed by atoms with Gasteiger partial charge < -0.3 is 19.8 Å². The van der Waals surface area contributed by atoms with Crippen LogP contribution in [0.2, 0.25) is 0 Å². The highest BCUT2D eigenvalue weighted by Crippen LogP contribution is 2.18. The van der Waals surface area contributed by atoms with Gasteiger partial charge >= 0.3 is 0 Å². The summed E-state index contributed by atoms with van der Waals surface area (Å²) < 4.78 is 24.0. The Labute approximate surface area is 160 Å². The van der Waals surface area contributed by atoms with Crippen LogP contribution in [0.1, 0.15) is 26.0 Å². The molecule has 27 heavy (non-hydrogen) atoms. The zero-order chi connectivity index (χ0) is 19.5. The lowest BCUT2D eigenvalue weighted by molar-refractivity contribution is 0.128. The lowest BCUT2D eigenvalue weighted by Crippen LogP contribution is -2.39. The molecule has 2 aromatic rings. The monoisotopic (exact) mass is 376 g/mol. The number of rotatable bonds is 10. The van der Waals surface area contributed by atoms with Crippen LogP contribution in [0.5, 0.6) is 0 Å². The van der Waals surface area contributed by atoms with E-state index in [-0.39, 0.29) is 5.82 Å². The fraction of sp³-hybridized carbons (Fsp3) is 0.500. The van der Waals surface area contributed by atoms with Gasteiger partial charge in [-0.25, -0.2) is 9.37 Å². The number of ether oxygens (including phenoxy) is 1. The third kappa shape index (κ3) is 7.78. The number of halogens is 1. The van der Waals surface area contributed by atoms with Crippen LogP contribution in [0.3, 0.4) is 0 Å². The smallest absolute Gasteiger partial charge is 0.226 e. The van der Waals surface area contributed by atoms with Crippen LogP contribution in [0.4, 0.5) is 4.39 Å². The predicted molar refractivity (Wildman–Crippen MR) is 105 cm³/mol. The minimum atomic E-state index is -0.279. The maximum Gasteiger partial charge on any atom is 0.226 e. The van der Waals surface area contributed by atoms with Crippen molar-refractivity contribution in [1.29, 1.82) is 0 Å². The molecule has 148 valence electrons. The molecule has 0 saturated heterocycles. The number of benzene rings is 1. The number of guanidine groups is 1. The predicted octanol–water partition coefficient (Wildman–Crippen LogP) is 3.25. The average Bonchev–Trinajstić information content (AvgIpc) is 3.12. The van der Waals surface area contributed by atoms with Gasteiger partial charge in [-0.05, 0) is 36.6 Å². The molecule has 0 amide bonds. The van der Waals surface area contributed by atoms with Gasteiger partial charge in [-0.3, -0.25) is 4.99 Å². The van der Waals surface area contributed by atoms with Crippen LogP contribution in [-0.4, -0.2) is 44.3 Å². The zero-order valence-electron chi connectivity index (χ0n) is 16.3. The molecule has 1 aromatic heterocycles. The van der Waals surface area contributed by atoms with Gasteiger partial charge in [0.2, 0.25) is 5.89 Å². The van der Waals surface area contributed by atoms with E-state index in [1.54, 1.807) is 25.4 Å². The van der Waals surface area contributed by atoms with Crippen molar-refractivity contribution in [3.63, 3.8) is 0 Å². The first-order valence-electron chi connectivity index (χ1n) is 9.31. The Morgan fingerprint density at radius 3 is 2.63 bits per heavy atom. The molecular weight excluding hydrogens is 347 g/mol. The molecule has 0 radical (unpaired) electrons. The Bertz CT molecular complexity index is 698. The van der Waals surface area contributed by atoms with E-state index >= 15 is 0 Å². The van der Waals surface area contributed by atoms with Crippen LogP contribution in [-0.2, 0) is 11.2 Å². The first kappa shape index (κ1) is 20.9. The number of oxazole rings is 1. The van der Waals surface area contributed by atoms with Crippen molar-refractivity contribution in [2.24, 2.45) is 10.9 Å². The quantitative estimate of drug-likeness (QED) is 0.378. The Hall–Kier alpha value is -2.41. The van der Waals surface area contributed by atoms with E-state index in [0.29, 0.717) is 37.9 Å². The summed E-state index contributed by atoms with van der Waals surface area (Å²) in [5.41, 5.74) is 1.58. The molecule has 0 aliphatic heterocycles. The summed E-state index contributed by atoms with van der Waals surface area (Å²) in [6.07, 6.45) is 3.39. The molecule has 2 N–H and O–H groups in total. The molecule has 2 rings (SSSR count). The van der Waals surface area contributed by atoms with Crippen molar-refractivity contribution in [3.8, 4) is 11.5 Å². The first-order chi connectivity index (χ1) is 13.1. The number of nitrogens with one attached hydrogen (secondary N) is 2. The molecule has 0 saturated carbocycles.